The first kappa shape index (κ1) is 21.9. The largest absolute Gasteiger partial charge is 0.373 e. The number of nitrogens with one attached hydrogen (secondary N) is 1. The van der Waals surface area contributed by atoms with E-state index in [1.54, 1.807) is 13.0 Å². The summed E-state index contributed by atoms with van der Waals surface area (Å²) in [5.74, 6) is -0.561. The van der Waals surface area contributed by atoms with E-state index < -0.39 is 20.9 Å². The number of rotatable bonds is 5. The van der Waals surface area contributed by atoms with Gasteiger partial charge in [0.05, 0.1) is 22.0 Å². The first-order chi connectivity index (χ1) is 14.1. The van der Waals surface area contributed by atoms with E-state index in [2.05, 4.69) is 5.32 Å². The lowest BCUT2D eigenvalue weighted by molar-refractivity contribution is -0.385. The van der Waals surface area contributed by atoms with Crippen LogP contribution < -0.4 is 5.32 Å². The number of benzene rings is 2. The van der Waals surface area contributed by atoms with Crippen molar-refractivity contribution in [3.63, 3.8) is 0 Å². The molecule has 2 atom stereocenters. The molecule has 9 nitrogen and oxygen atoms in total. The third-order valence-electron chi connectivity index (χ3n) is 4.78. The zero-order valence-electron chi connectivity index (χ0n) is 16.9. The molecule has 10 heteroatoms. The third-order valence-corrected chi connectivity index (χ3v) is 6.61. The Kier molecular flexibility index (Phi) is 6.20. The monoisotopic (exact) mass is 433 g/mol. The number of morpholine rings is 1. The van der Waals surface area contributed by atoms with Crippen LogP contribution in [-0.4, -0.2) is 48.9 Å². The molecule has 0 bridgehead atoms. The van der Waals surface area contributed by atoms with Crippen LogP contribution in [0.4, 0.5) is 11.4 Å². The minimum atomic E-state index is -3.80. The van der Waals surface area contributed by atoms with Crippen molar-refractivity contribution in [3.05, 3.63) is 63.7 Å². The summed E-state index contributed by atoms with van der Waals surface area (Å²) in [6, 6.07) is 10.1. The Balaban J connectivity index is 1.84. The summed E-state index contributed by atoms with van der Waals surface area (Å²) in [5, 5.41) is 13.7. The van der Waals surface area contributed by atoms with Crippen LogP contribution in [0.1, 0.15) is 29.8 Å². The van der Waals surface area contributed by atoms with Crippen molar-refractivity contribution in [1.82, 2.24) is 4.31 Å². The number of hydrogen-bond acceptors (Lipinski definition) is 6. The number of ether oxygens (including phenoxy) is 1. The predicted octanol–water partition coefficient (Wildman–Crippen LogP) is 2.95. The lowest BCUT2D eigenvalue weighted by Crippen LogP contribution is -2.48. The Labute approximate surface area is 174 Å². The molecule has 1 aliphatic rings. The number of aryl methyl sites for hydroxylation is 1. The SMILES string of the molecule is Cc1ccc(NC(=O)c2cccc(S(=O)(=O)N3C[C@@H](C)O[C@@H](C)C3)c2)cc1[N+](=O)[O-]. The minimum absolute atomic E-state index is 0.00587. The molecule has 30 heavy (non-hydrogen) atoms. The standard InChI is InChI=1S/C20H23N3O6S/c1-13-7-8-17(10-19(13)23(25)26)21-20(24)16-5-4-6-18(9-16)30(27,28)22-11-14(2)29-15(3)12-22/h4-10,14-15H,11-12H2,1-3H3,(H,21,24)/t14-,15+. The van der Waals surface area contributed by atoms with Crippen molar-refractivity contribution in [2.24, 2.45) is 0 Å². The maximum atomic E-state index is 13.0. The first-order valence-corrected chi connectivity index (χ1v) is 10.8. The van der Waals surface area contributed by atoms with E-state index >= 15 is 0 Å². The maximum absolute atomic E-state index is 13.0. The smallest absolute Gasteiger partial charge is 0.274 e. The number of anilines is 1. The van der Waals surface area contributed by atoms with Gasteiger partial charge in [-0.3, -0.25) is 14.9 Å². The molecule has 0 aliphatic carbocycles. The highest BCUT2D eigenvalue weighted by atomic mass is 32.2. The molecule has 2 aromatic rings. The van der Waals surface area contributed by atoms with E-state index in [0.717, 1.165) is 0 Å². The second-order valence-corrected chi connectivity index (χ2v) is 9.26. The van der Waals surface area contributed by atoms with Crippen LogP contribution in [0.5, 0.6) is 0 Å². The average Bonchev–Trinajstić information content (AvgIpc) is 2.68. The number of carbonyl (C=O) groups is 1. The van der Waals surface area contributed by atoms with E-state index in [1.807, 2.05) is 13.8 Å². The quantitative estimate of drug-likeness (QED) is 0.572. The van der Waals surface area contributed by atoms with Gasteiger partial charge in [-0.25, -0.2) is 8.42 Å². The number of sulfonamides is 1. The van der Waals surface area contributed by atoms with Crippen LogP contribution in [0.25, 0.3) is 0 Å². The van der Waals surface area contributed by atoms with Crippen LogP contribution >= 0.6 is 0 Å². The number of carbonyl (C=O) groups excluding carboxylic acids is 1. The summed E-state index contributed by atoms with van der Waals surface area (Å²) in [5.41, 5.74) is 0.745. The van der Waals surface area contributed by atoms with E-state index in [4.69, 9.17) is 4.74 Å². The van der Waals surface area contributed by atoms with Crippen molar-refractivity contribution in [3.8, 4) is 0 Å². The van der Waals surface area contributed by atoms with Crippen LogP contribution in [0.3, 0.4) is 0 Å². The van der Waals surface area contributed by atoms with Gasteiger partial charge in [0.25, 0.3) is 11.6 Å². The van der Waals surface area contributed by atoms with Gasteiger partial charge in [-0.1, -0.05) is 12.1 Å². The molecule has 0 saturated carbocycles. The summed E-state index contributed by atoms with van der Waals surface area (Å²) in [6.07, 6.45) is -0.459. The van der Waals surface area contributed by atoms with E-state index in [1.165, 1.54) is 40.7 Å². The maximum Gasteiger partial charge on any atom is 0.274 e. The molecule has 1 aliphatic heterocycles. The first-order valence-electron chi connectivity index (χ1n) is 9.40. The van der Waals surface area contributed by atoms with Crippen LogP contribution in [0.15, 0.2) is 47.4 Å². The topological polar surface area (TPSA) is 119 Å². The highest BCUT2D eigenvalue weighted by Crippen LogP contribution is 2.24. The number of nitrogens with zero attached hydrogens (tertiary/aromatic N) is 2. The van der Waals surface area contributed by atoms with Gasteiger partial charge in [0.2, 0.25) is 10.0 Å². The molecule has 1 amide bonds. The van der Waals surface area contributed by atoms with Crippen molar-refractivity contribution in [1.29, 1.82) is 0 Å². The molecule has 1 fully saturated rings. The Morgan fingerprint density at radius 1 is 1.17 bits per heavy atom. The fraction of sp³-hybridized carbons (Fsp3) is 0.350. The predicted molar refractivity (Wildman–Crippen MR) is 111 cm³/mol. The highest BCUT2D eigenvalue weighted by Gasteiger charge is 2.32. The summed E-state index contributed by atoms with van der Waals surface area (Å²) in [6.45, 7) is 5.68. The molecule has 1 heterocycles. The molecule has 0 unspecified atom stereocenters. The van der Waals surface area contributed by atoms with Gasteiger partial charge in [-0.2, -0.15) is 4.31 Å². The van der Waals surface area contributed by atoms with Gasteiger partial charge in [-0.15, -0.1) is 0 Å². The molecule has 0 spiro atoms. The zero-order valence-corrected chi connectivity index (χ0v) is 17.7. The Hall–Kier alpha value is -2.82. The van der Waals surface area contributed by atoms with Crippen molar-refractivity contribution >= 4 is 27.3 Å². The number of hydrogen-bond donors (Lipinski definition) is 1. The van der Waals surface area contributed by atoms with Crippen molar-refractivity contribution in [2.45, 2.75) is 37.9 Å². The highest BCUT2D eigenvalue weighted by molar-refractivity contribution is 7.89. The van der Waals surface area contributed by atoms with Gasteiger partial charge in [-0.05, 0) is 45.0 Å². The Bertz CT molecular complexity index is 1080. The van der Waals surface area contributed by atoms with Crippen molar-refractivity contribution < 1.29 is 22.9 Å². The second-order valence-electron chi connectivity index (χ2n) is 7.32. The van der Waals surface area contributed by atoms with Crippen LogP contribution in [0.2, 0.25) is 0 Å². The molecular weight excluding hydrogens is 410 g/mol. The van der Waals surface area contributed by atoms with Crippen molar-refractivity contribution in [2.75, 3.05) is 18.4 Å². The van der Waals surface area contributed by atoms with Gasteiger partial charge in [0.15, 0.2) is 0 Å². The Morgan fingerprint density at radius 3 is 2.47 bits per heavy atom. The fourth-order valence-electron chi connectivity index (χ4n) is 3.36. The summed E-state index contributed by atoms with van der Waals surface area (Å²) in [7, 11) is -3.80. The molecule has 0 aromatic heterocycles. The Morgan fingerprint density at radius 2 is 1.83 bits per heavy atom. The van der Waals surface area contributed by atoms with Gasteiger partial charge in [0, 0.05) is 36.0 Å². The average molecular weight is 433 g/mol. The van der Waals surface area contributed by atoms with E-state index in [9.17, 15) is 23.3 Å². The van der Waals surface area contributed by atoms with Gasteiger partial charge < -0.3 is 10.1 Å². The molecule has 160 valence electrons. The molecule has 0 radical (unpaired) electrons. The number of nitro groups is 1. The normalized spacial score (nSPS) is 20.0. The number of nitro benzene ring substituents is 1. The van der Waals surface area contributed by atoms with Gasteiger partial charge >= 0.3 is 0 Å². The second kappa shape index (κ2) is 8.50. The molecule has 1 N–H and O–H groups in total. The third kappa shape index (κ3) is 4.66. The van der Waals surface area contributed by atoms with E-state index in [-0.39, 0.29) is 47.1 Å². The van der Waals surface area contributed by atoms with Crippen LogP contribution in [-0.2, 0) is 14.8 Å². The summed E-state index contributed by atoms with van der Waals surface area (Å²) in [4.78, 5) is 23.2. The lowest BCUT2D eigenvalue weighted by atomic mass is 10.1. The summed E-state index contributed by atoms with van der Waals surface area (Å²) >= 11 is 0. The van der Waals surface area contributed by atoms with Gasteiger partial charge in [0.1, 0.15) is 0 Å². The number of amides is 1. The van der Waals surface area contributed by atoms with E-state index in [0.29, 0.717) is 5.56 Å². The van der Waals surface area contributed by atoms with Crippen LogP contribution in [0, 0.1) is 17.0 Å². The minimum Gasteiger partial charge on any atom is -0.373 e. The molecular formula is C20H23N3O6S. The fourth-order valence-corrected chi connectivity index (χ4v) is 5.00. The lowest BCUT2D eigenvalue weighted by Gasteiger charge is -2.34. The zero-order chi connectivity index (χ0) is 22.1. The molecule has 1 saturated heterocycles. The molecule has 2 aromatic carbocycles. The summed E-state index contributed by atoms with van der Waals surface area (Å²) < 4.78 is 33.0. The molecule has 3 rings (SSSR count).